The molecule has 0 saturated carbocycles. The van der Waals surface area contributed by atoms with Crippen LogP contribution in [0, 0.1) is 0 Å². The molecule has 2 atom stereocenters. The fourth-order valence-electron chi connectivity index (χ4n) is 2.41. The fraction of sp³-hybridized carbons (Fsp3) is 0.571. The minimum absolute atomic E-state index is 0.372. The van der Waals surface area contributed by atoms with Crippen molar-refractivity contribution >= 4 is 11.6 Å². The second kappa shape index (κ2) is 6.39. The van der Waals surface area contributed by atoms with Crippen molar-refractivity contribution in [3.8, 4) is 0 Å². The molecule has 1 saturated heterocycles. The maximum atomic E-state index is 6.02. The van der Waals surface area contributed by atoms with Crippen LogP contribution in [0.2, 0.25) is 5.02 Å². The van der Waals surface area contributed by atoms with Crippen LogP contribution in [0.3, 0.4) is 0 Å². The van der Waals surface area contributed by atoms with Crippen molar-refractivity contribution < 1.29 is 0 Å². The summed E-state index contributed by atoms with van der Waals surface area (Å²) in [5, 5.41) is 7.96. The molecule has 2 unspecified atom stereocenters. The number of halogens is 1. The van der Waals surface area contributed by atoms with Crippen molar-refractivity contribution in [2.75, 3.05) is 13.1 Å². The molecule has 0 aromatic heterocycles. The molecule has 1 fully saturated rings. The molecular formula is C14H21ClN2. The maximum Gasteiger partial charge on any atom is 0.0409 e. The van der Waals surface area contributed by atoms with Gasteiger partial charge in [-0.2, -0.15) is 0 Å². The van der Waals surface area contributed by atoms with E-state index in [-0.39, 0.29) is 0 Å². The second-order valence-corrected chi connectivity index (χ2v) is 5.26. The lowest BCUT2D eigenvalue weighted by molar-refractivity contribution is 0.421. The number of nitrogens with one attached hydrogen (secondary N) is 2. The minimum Gasteiger partial charge on any atom is -0.317 e. The number of hydrogen-bond acceptors (Lipinski definition) is 2. The third-order valence-corrected chi connectivity index (χ3v) is 3.65. The van der Waals surface area contributed by atoms with Gasteiger partial charge in [0.2, 0.25) is 0 Å². The predicted octanol–water partition coefficient (Wildman–Crippen LogP) is 3.13. The highest BCUT2D eigenvalue weighted by molar-refractivity contribution is 6.30. The van der Waals surface area contributed by atoms with Crippen molar-refractivity contribution in [2.45, 2.75) is 38.3 Å². The van der Waals surface area contributed by atoms with Gasteiger partial charge in [-0.25, -0.2) is 0 Å². The molecular weight excluding hydrogens is 232 g/mol. The molecule has 1 aliphatic heterocycles. The van der Waals surface area contributed by atoms with Gasteiger partial charge in [-0.3, -0.25) is 0 Å². The van der Waals surface area contributed by atoms with Gasteiger partial charge >= 0.3 is 0 Å². The summed E-state index contributed by atoms with van der Waals surface area (Å²) in [5.74, 6) is 0. The van der Waals surface area contributed by atoms with E-state index in [1.54, 1.807) is 0 Å². The van der Waals surface area contributed by atoms with Crippen LogP contribution >= 0.6 is 11.6 Å². The predicted molar refractivity (Wildman–Crippen MR) is 73.5 cm³/mol. The molecule has 1 aliphatic rings. The van der Waals surface area contributed by atoms with E-state index in [4.69, 9.17) is 11.6 Å². The molecule has 3 heteroatoms. The molecule has 2 N–H and O–H groups in total. The summed E-state index contributed by atoms with van der Waals surface area (Å²) in [7, 11) is 0. The average Bonchev–Trinajstić information content (AvgIpc) is 2.57. The van der Waals surface area contributed by atoms with Gasteiger partial charge in [0.15, 0.2) is 0 Å². The molecule has 17 heavy (non-hydrogen) atoms. The van der Waals surface area contributed by atoms with Gasteiger partial charge < -0.3 is 10.6 Å². The van der Waals surface area contributed by atoms with E-state index in [1.807, 2.05) is 18.2 Å². The molecule has 0 radical (unpaired) electrons. The summed E-state index contributed by atoms with van der Waals surface area (Å²) < 4.78 is 0. The van der Waals surface area contributed by atoms with Crippen molar-refractivity contribution in [2.24, 2.45) is 0 Å². The first kappa shape index (κ1) is 12.9. The van der Waals surface area contributed by atoms with Crippen LogP contribution in [0.1, 0.15) is 37.8 Å². The van der Waals surface area contributed by atoms with Crippen LogP contribution in [-0.2, 0) is 0 Å². The smallest absolute Gasteiger partial charge is 0.0409 e. The van der Waals surface area contributed by atoms with Gasteiger partial charge in [-0.1, -0.05) is 23.7 Å². The zero-order valence-electron chi connectivity index (χ0n) is 10.4. The van der Waals surface area contributed by atoms with Crippen LogP contribution in [0.5, 0.6) is 0 Å². The molecule has 2 nitrogen and oxygen atoms in total. The van der Waals surface area contributed by atoms with Crippen LogP contribution in [0.15, 0.2) is 24.3 Å². The van der Waals surface area contributed by atoms with Crippen LogP contribution in [-0.4, -0.2) is 19.1 Å². The minimum atomic E-state index is 0.372. The fourth-order valence-corrected chi connectivity index (χ4v) is 2.61. The lowest BCUT2D eigenvalue weighted by atomic mass is 10.0. The summed E-state index contributed by atoms with van der Waals surface area (Å²) in [6, 6.07) is 9.13. The number of rotatable bonds is 3. The van der Waals surface area contributed by atoms with Crippen LogP contribution < -0.4 is 10.6 Å². The Morgan fingerprint density at radius 1 is 1.35 bits per heavy atom. The molecule has 1 aromatic carbocycles. The Morgan fingerprint density at radius 2 is 2.24 bits per heavy atom. The first-order valence-corrected chi connectivity index (χ1v) is 6.86. The molecule has 0 aliphatic carbocycles. The van der Waals surface area contributed by atoms with Crippen molar-refractivity contribution in [1.82, 2.24) is 10.6 Å². The van der Waals surface area contributed by atoms with Crippen LogP contribution in [0.4, 0.5) is 0 Å². The third kappa shape index (κ3) is 3.98. The van der Waals surface area contributed by atoms with E-state index in [0.29, 0.717) is 12.1 Å². The van der Waals surface area contributed by atoms with Gasteiger partial charge in [-0.15, -0.1) is 0 Å². The van der Waals surface area contributed by atoms with E-state index in [0.717, 1.165) is 18.1 Å². The molecule has 1 aromatic rings. The third-order valence-electron chi connectivity index (χ3n) is 3.41. The van der Waals surface area contributed by atoms with Crippen LogP contribution in [0.25, 0.3) is 0 Å². The summed E-state index contributed by atoms with van der Waals surface area (Å²) in [6.07, 6.45) is 3.74. The monoisotopic (exact) mass is 252 g/mol. The largest absolute Gasteiger partial charge is 0.317 e. The number of hydrogen-bond donors (Lipinski definition) is 2. The quantitative estimate of drug-likeness (QED) is 0.864. The highest BCUT2D eigenvalue weighted by atomic mass is 35.5. The van der Waals surface area contributed by atoms with Crippen molar-refractivity contribution in [3.63, 3.8) is 0 Å². The zero-order chi connectivity index (χ0) is 12.1. The first-order valence-electron chi connectivity index (χ1n) is 6.48. The highest BCUT2D eigenvalue weighted by Gasteiger charge is 2.15. The van der Waals surface area contributed by atoms with Gasteiger partial charge in [0.05, 0.1) is 0 Å². The zero-order valence-corrected chi connectivity index (χ0v) is 11.1. The Kier molecular flexibility index (Phi) is 4.84. The molecule has 94 valence electrons. The molecule has 0 spiro atoms. The Bertz CT molecular complexity index is 346. The Hall–Kier alpha value is -0.570. The van der Waals surface area contributed by atoms with Gasteiger partial charge in [-0.05, 0) is 57.0 Å². The van der Waals surface area contributed by atoms with E-state index < -0.39 is 0 Å². The first-order chi connectivity index (χ1) is 8.25. The van der Waals surface area contributed by atoms with E-state index in [2.05, 4.69) is 23.6 Å². The van der Waals surface area contributed by atoms with E-state index in [1.165, 1.54) is 24.8 Å². The maximum absolute atomic E-state index is 6.02. The standard InChI is InChI=1S/C14H21ClN2/c1-11(12-4-2-5-13(15)10-12)17-14-6-3-8-16-9-7-14/h2,4-5,10-11,14,16-17H,3,6-9H2,1H3. The normalized spacial score (nSPS) is 23.1. The SMILES string of the molecule is CC(NC1CCCNCC1)c1cccc(Cl)c1. The van der Waals surface area contributed by atoms with Crippen molar-refractivity contribution in [1.29, 1.82) is 0 Å². The van der Waals surface area contributed by atoms with E-state index >= 15 is 0 Å². The molecule has 0 amide bonds. The molecule has 2 rings (SSSR count). The second-order valence-electron chi connectivity index (χ2n) is 4.82. The Labute approximate surface area is 109 Å². The number of benzene rings is 1. The van der Waals surface area contributed by atoms with Gasteiger partial charge in [0, 0.05) is 17.1 Å². The summed E-state index contributed by atoms with van der Waals surface area (Å²) in [4.78, 5) is 0. The Morgan fingerprint density at radius 3 is 3.06 bits per heavy atom. The van der Waals surface area contributed by atoms with Crippen molar-refractivity contribution in [3.05, 3.63) is 34.9 Å². The Balaban J connectivity index is 1.93. The van der Waals surface area contributed by atoms with Gasteiger partial charge in [0.1, 0.15) is 0 Å². The average molecular weight is 253 g/mol. The summed E-state index contributed by atoms with van der Waals surface area (Å²) in [5.41, 5.74) is 1.27. The molecule has 1 heterocycles. The lowest BCUT2D eigenvalue weighted by Gasteiger charge is -2.22. The topological polar surface area (TPSA) is 24.1 Å². The molecule has 0 bridgehead atoms. The van der Waals surface area contributed by atoms with Gasteiger partial charge in [0.25, 0.3) is 0 Å². The lowest BCUT2D eigenvalue weighted by Crippen LogP contribution is -2.32. The summed E-state index contributed by atoms with van der Waals surface area (Å²) >= 11 is 6.02. The van der Waals surface area contributed by atoms with E-state index in [9.17, 15) is 0 Å². The highest BCUT2D eigenvalue weighted by Crippen LogP contribution is 2.19. The summed E-state index contributed by atoms with van der Waals surface area (Å²) in [6.45, 7) is 4.49.